The molecule has 208 valence electrons. The largest absolute Gasteiger partial charge is 0.338 e. The number of hydrogen-bond donors (Lipinski definition) is 0. The first kappa shape index (κ1) is 24.5. The summed E-state index contributed by atoms with van der Waals surface area (Å²) in [6.07, 6.45) is 7.33. The normalized spacial score (nSPS) is 65.7. The molecule has 6 saturated heterocycles. The van der Waals surface area contributed by atoms with Crippen LogP contribution in [0, 0.1) is 47.3 Å². The summed E-state index contributed by atoms with van der Waals surface area (Å²) in [4.78, 5) is 0. The molecule has 2 aliphatic carbocycles. The molecule has 16 atom stereocenters. The lowest BCUT2D eigenvalue weighted by Crippen LogP contribution is -2.68. The van der Waals surface area contributed by atoms with Crippen LogP contribution in [0.25, 0.3) is 0 Å². The Kier molecular flexibility index (Phi) is 5.11. The van der Waals surface area contributed by atoms with Gasteiger partial charge in [-0.3, -0.25) is 0 Å². The fraction of sp³-hybridized carbons (Fsp3) is 1.00. The Balaban J connectivity index is 1.08. The van der Waals surface area contributed by atoms with E-state index in [4.69, 9.17) is 33.2 Å². The Morgan fingerprint density at radius 1 is 0.568 bits per heavy atom. The number of hydrogen-bond acceptors (Lipinski definition) is 7. The molecule has 0 N–H and O–H groups in total. The summed E-state index contributed by atoms with van der Waals surface area (Å²) in [5, 5.41) is 0. The van der Waals surface area contributed by atoms with Gasteiger partial charge in [-0.2, -0.15) is 0 Å². The van der Waals surface area contributed by atoms with E-state index in [-0.39, 0.29) is 35.6 Å². The number of rotatable bonds is 2. The molecule has 0 aromatic carbocycles. The summed E-state index contributed by atoms with van der Waals surface area (Å²) in [6, 6.07) is 0. The molecule has 8 aliphatic rings. The summed E-state index contributed by atoms with van der Waals surface area (Å²) < 4.78 is 47.1. The van der Waals surface area contributed by atoms with Gasteiger partial charge in [0.1, 0.15) is 11.2 Å². The van der Waals surface area contributed by atoms with Gasteiger partial charge in [0.25, 0.3) is 0 Å². The van der Waals surface area contributed by atoms with Crippen LogP contribution in [-0.2, 0) is 33.2 Å². The second-order valence-electron chi connectivity index (χ2n) is 14.6. The van der Waals surface area contributed by atoms with E-state index in [1.165, 1.54) is 12.8 Å². The minimum atomic E-state index is -0.554. The topological polar surface area (TPSA) is 64.6 Å². The molecule has 4 bridgehead atoms. The molecule has 0 unspecified atom stereocenters. The highest BCUT2D eigenvalue weighted by atomic mass is 16.9. The molecule has 0 radical (unpaired) electrons. The minimum Gasteiger partial charge on any atom is -0.338 e. The minimum absolute atomic E-state index is 0.193. The molecule has 0 aromatic heterocycles. The van der Waals surface area contributed by atoms with Crippen molar-refractivity contribution in [2.45, 2.75) is 141 Å². The smallest absolute Gasteiger partial charge is 0.193 e. The van der Waals surface area contributed by atoms with Crippen LogP contribution in [0.4, 0.5) is 0 Å². The average Bonchev–Trinajstić information content (AvgIpc) is 3.20. The quantitative estimate of drug-likeness (QED) is 0.474. The van der Waals surface area contributed by atoms with Gasteiger partial charge in [0.2, 0.25) is 0 Å². The fourth-order valence-corrected chi connectivity index (χ4v) is 10.7. The third-order valence-electron chi connectivity index (χ3n) is 12.5. The van der Waals surface area contributed by atoms with Crippen molar-refractivity contribution in [3.63, 3.8) is 0 Å². The lowest BCUT2D eigenvalue weighted by Gasteiger charge is -2.60. The summed E-state index contributed by atoms with van der Waals surface area (Å²) in [6.45, 7) is 13.5. The molecule has 7 heteroatoms. The van der Waals surface area contributed by atoms with Gasteiger partial charge in [0.15, 0.2) is 36.7 Å². The van der Waals surface area contributed by atoms with Crippen molar-refractivity contribution in [2.75, 3.05) is 0 Å². The molecule has 7 nitrogen and oxygen atoms in total. The standard InChI is InChI=1S/C30H46O7/c1-15-7-9-21-17(3)23(32-25-29(21)19(15)11-13-27(5,34-25)36-29)31-24-18(4)22-10-8-16(2)20-12-14-28(6)35-26(33-24)30(20,22)37-28/h15-26H,7-14H2,1-6H3/t15-,16-,17-,18-,19+,20+,21+,22+,23-,24+,25-,26-,27-,28-,29-,30-/m1/s1. The zero-order valence-corrected chi connectivity index (χ0v) is 23.4. The van der Waals surface area contributed by atoms with E-state index in [1.807, 2.05) is 0 Å². The maximum atomic E-state index is 6.85. The van der Waals surface area contributed by atoms with Crippen LogP contribution in [0.1, 0.15) is 92.9 Å². The van der Waals surface area contributed by atoms with E-state index in [2.05, 4.69) is 41.5 Å². The average molecular weight is 519 g/mol. The number of fused-ring (bicyclic) bond motifs is 2. The van der Waals surface area contributed by atoms with Gasteiger partial charge in [-0.15, -0.1) is 0 Å². The molecule has 6 heterocycles. The van der Waals surface area contributed by atoms with Gasteiger partial charge in [-0.1, -0.05) is 27.7 Å². The molecule has 8 rings (SSSR count). The van der Waals surface area contributed by atoms with Crippen LogP contribution >= 0.6 is 0 Å². The fourth-order valence-electron chi connectivity index (χ4n) is 10.7. The van der Waals surface area contributed by atoms with E-state index in [0.717, 1.165) is 38.5 Å². The Labute approximate surface area is 221 Å². The van der Waals surface area contributed by atoms with Gasteiger partial charge >= 0.3 is 0 Å². The highest BCUT2D eigenvalue weighted by Crippen LogP contribution is 2.66. The maximum absolute atomic E-state index is 6.85. The monoisotopic (exact) mass is 518 g/mol. The molecule has 2 saturated carbocycles. The molecule has 2 spiro atoms. The van der Waals surface area contributed by atoms with E-state index in [0.29, 0.717) is 35.5 Å². The van der Waals surface area contributed by atoms with Crippen molar-refractivity contribution in [1.29, 1.82) is 0 Å². The van der Waals surface area contributed by atoms with E-state index in [1.54, 1.807) is 0 Å². The zero-order chi connectivity index (χ0) is 25.5. The SMILES string of the molecule is C[C@H]1[C@H](O[C@H]2O[C@@H]3O[C@@]4(C)CC[C@H]5[C@H](C)CC[C@@H]([C@H]2C)[C@@]35O4)O[C@@H]2O[C@@]3(C)CC[C@H]4[C@H](C)CC[C@@H]1[C@@]24O3. The summed E-state index contributed by atoms with van der Waals surface area (Å²) in [7, 11) is 0. The number of ether oxygens (including phenoxy) is 7. The Hall–Kier alpha value is -0.280. The predicted molar refractivity (Wildman–Crippen MR) is 133 cm³/mol. The molecule has 8 fully saturated rings. The molecule has 37 heavy (non-hydrogen) atoms. The lowest BCUT2D eigenvalue weighted by molar-refractivity contribution is -0.402. The first-order valence-electron chi connectivity index (χ1n) is 15.3. The van der Waals surface area contributed by atoms with Gasteiger partial charge < -0.3 is 33.2 Å². The van der Waals surface area contributed by atoms with Crippen LogP contribution < -0.4 is 0 Å². The Morgan fingerprint density at radius 3 is 1.43 bits per heavy atom. The van der Waals surface area contributed by atoms with Crippen LogP contribution in [-0.4, -0.2) is 47.9 Å². The van der Waals surface area contributed by atoms with Crippen molar-refractivity contribution in [3.05, 3.63) is 0 Å². The van der Waals surface area contributed by atoms with Gasteiger partial charge in [0.05, 0.1) is 0 Å². The Morgan fingerprint density at radius 2 is 1.00 bits per heavy atom. The molecular weight excluding hydrogens is 472 g/mol. The van der Waals surface area contributed by atoms with Gasteiger partial charge in [-0.25, -0.2) is 0 Å². The maximum Gasteiger partial charge on any atom is 0.193 e. The predicted octanol–water partition coefficient (Wildman–Crippen LogP) is 5.56. The van der Waals surface area contributed by atoms with Crippen LogP contribution in [0.5, 0.6) is 0 Å². The van der Waals surface area contributed by atoms with Crippen LogP contribution in [0.2, 0.25) is 0 Å². The lowest BCUT2D eigenvalue weighted by atomic mass is 9.57. The first-order valence-corrected chi connectivity index (χ1v) is 15.3. The second kappa shape index (κ2) is 7.71. The molecular formula is C30H46O7. The molecule has 0 aromatic rings. The highest BCUT2D eigenvalue weighted by Gasteiger charge is 2.74. The van der Waals surface area contributed by atoms with Crippen molar-refractivity contribution in [1.82, 2.24) is 0 Å². The first-order chi connectivity index (χ1) is 17.6. The second-order valence-corrected chi connectivity index (χ2v) is 14.6. The zero-order valence-electron chi connectivity index (χ0n) is 23.4. The van der Waals surface area contributed by atoms with Crippen molar-refractivity contribution in [3.8, 4) is 0 Å². The van der Waals surface area contributed by atoms with Crippen LogP contribution in [0.15, 0.2) is 0 Å². The molecule has 0 amide bonds. The third-order valence-corrected chi connectivity index (χ3v) is 12.5. The molecule has 6 aliphatic heterocycles. The summed E-state index contributed by atoms with van der Waals surface area (Å²) in [5.41, 5.74) is -0.707. The van der Waals surface area contributed by atoms with Gasteiger partial charge in [0, 0.05) is 36.5 Å². The van der Waals surface area contributed by atoms with Crippen molar-refractivity contribution < 1.29 is 33.2 Å². The van der Waals surface area contributed by atoms with E-state index < -0.39 is 24.2 Å². The van der Waals surface area contributed by atoms with Crippen molar-refractivity contribution >= 4 is 0 Å². The summed E-state index contributed by atoms with van der Waals surface area (Å²) in [5.74, 6) is 2.19. The van der Waals surface area contributed by atoms with E-state index >= 15 is 0 Å². The highest BCUT2D eigenvalue weighted by molar-refractivity contribution is 5.14. The Bertz CT molecular complexity index is 886. The summed E-state index contributed by atoms with van der Waals surface area (Å²) >= 11 is 0. The van der Waals surface area contributed by atoms with Gasteiger partial charge in [-0.05, 0) is 76.0 Å². The van der Waals surface area contributed by atoms with E-state index in [9.17, 15) is 0 Å². The van der Waals surface area contributed by atoms with Crippen LogP contribution in [0.3, 0.4) is 0 Å². The third kappa shape index (κ3) is 3.03. The van der Waals surface area contributed by atoms with Crippen molar-refractivity contribution in [2.24, 2.45) is 47.3 Å².